The molecule has 2 aromatic rings. The third-order valence-electron chi connectivity index (χ3n) is 6.59. The average Bonchev–Trinajstić information content (AvgIpc) is 2.82. The van der Waals surface area contributed by atoms with Crippen LogP contribution in [0.15, 0.2) is 42.7 Å². The van der Waals surface area contributed by atoms with Crippen molar-refractivity contribution in [2.24, 2.45) is 5.41 Å². The summed E-state index contributed by atoms with van der Waals surface area (Å²) in [5.74, 6) is -0.566. The Balaban J connectivity index is 1.68. The van der Waals surface area contributed by atoms with E-state index in [-0.39, 0.29) is 18.7 Å². The number of hydrogen-bond acceptors (Lipinski definition) is 7. The van der Waals surface area contributed by atoms with Crippen LogP contribution < -0.4 is 15.5 Å². The van der Waals surface area contributed by atoms with Gasteiger partial charge in [-0.3, -0.25) is 9.59 Å². The third-order valence-corrected chi connectivity index (χ3v) is 6.59. The molecule has 1 amide bonds. The van der Waals surface area contributed by atoms with Gasteiger partial charge in [0.15, 0.2) is 0 Å². The van der Waals surface area contributed by atoms with Crippen LogP contribution >= 0.6 is 0 Å². The van der Waals surface area contributed by atoms with Gasteiger partial charge in [0.25, 0.3) is 5.91 Å². The van der Waals surface area contributed by atoms with Gasteiger partial charge in [0.05, 0.1) is 5.60 Å². The van der Waals surface area contributed by atoms with Crippen LogP contribution in [0, 0.1) is 5.41 Å². The number of carboxylic acids is 1. The number of benzene rings is 1. The van der Waals surface area contributed by atoms with Gasteiger partial charge in [-0.15, -0.1) is 0 Å². The quantitative estimate of drug-likeness (QED) is 0.415. The lowest BCUT2D eigenvalue weighted by molar-refractivity contribution is -0.200. The number of aromatic nitrogens is 2. The molecular formula is C28H41N5O4. The summed E-state index contributed by atoms with van der Waals surface area (Å²) in [5, 5.41) is 15.8. The zero-order valence-electron chi connectivity index (χ0n) is 22.9. The lowest BCUT2D eigenvalue weighted by atomic mass is 9.79. The molecule has 1 aromatic carbocycles. The SMILES string of the molecule is CC(C)(C)OC(CCC(=O)O)(NC(=O)c1ccc(N2CCC(Nc3ncccn3)CC2)cc1)C(C)(C)C. The minimum atomic E-state index is -1.16. The Morgan fingerprint density at radius 3 is 2.14 bits per heavy atom. The van der Waals surface area contributed by atoms with Crippen molar-refractivity contribution in [3.63, 3.8) is 0 Å². The van der Waals surface area contributed by atoms with Gasteiger partial charge in [0.1, 0.15) is 5.72 Å². The fourth-order valence-electron chi connectivity index (χ4n) is 4.58. The molecule has 202 valence electrons. The van der Waals surface area contributed by atoms with Crippen LogP contribution in [-0.4, -0.2) is 57.4 Å². The first-order chi connectivity index (χ1) is 17.3. The summed E-state index contributed by atoms with van der Waals surface area (Å²) in [5.41, 5.74) is -0.727. The number of rotatable bonds is 9. The van der Waals surface area contributed by atoms with Crippen molar-refractivity contribution in [2.45, 2.75) is 84.6 Å². The first-order valence-electron chi connectivity index (χ1n) is 12.9. The van der Waals surface area contributed by atoms with E-state index in [1.165, 1.54) is 0 Å². The zero-order valence-corrected chi connectivity index (χ0v) is 22.9. The highest BCUT2D eigenvalue weighted by molar-refractivity contribution is 5.95. The molecule has 1 atom stereocenters. The number of nitrogens with one attached hydrogen (secondary N) is 2. The molecule has 3 N–H and O–H groups in total. The summed E-state index contributed by atoms with van der Waals surface area (Å²) < 4.78 is 6.39. The summed E-state index contributed by atoms with van der Waals surface area (Å²) >= 11 is 0. The van der Waals surface area contributed by atoms with Crippen LogP contribution in [-0.2, 0) is 9.53 Å². The fraction of sp³-hybridized carbons (Fsp3) is 0.571. The van der Waals surface area contributed by atoms with Crippen LogP contribution in [0.5, 0.6) is 0 Å². The highest BCUT2D eigenvalue weighted by atomic mass is 16.5. The molecule has 0 spiro atoms. The molecule has 1 unspecified atom stereocenters. The molecule has 1 aromatic heterocycles. The number of ether oxygens (including phenoxy) is 1. The molecule has 9 nitrogen and oxygen atoms in total. The molecule has 1 aliphatic heterocycles. The van der Waals surface area contributed by atoms with E-state index in [1.54, 1.807) is 18.5 Å². The van der Waals surface area contributed by atoms with Crippen molar-refractivity contribution in [3.05, 3.63) is 48.3 Å². The molecule has 1 fully saturated rings. The molecule has 1 aliphatic rings. The normalized spacial score (nSPS) is 16.6. The predicted octanol–water partition coefficient (Wildman–Crippen LogP) is 4.71. The second-order valence-electron chi connectivity index (χ2n) is 11.7. The number of nitrogens with zero attached hydrogens (tertiary/aromatic N) is 3. The molecular weight excluding hydrogens is 470 g/mol. The second kappa shape index (κ2) is 11.5. The molecule has 0 bridgehead atoms. The standard InChI is InChI=1S/C28H41N5O4/c1-26(2,3)28(15-12-23(34)35,37-27(4,5)6)32-24(36)20-8-10-22(11-9-20)33-18-13-21(14-19-33)31-25-29-16-7-17-30-25/h7-11,16-17,21H,12-15,18-19H2,1-6H3,(H,32,36)(H,34,35)(H,29,30,31). The first kappa shape index (κ1) is 28.4. The number of amides is 1. The van der Waals surface area contributed by atoms with Gasteiger partial charge in [-0.05, 0) is 63.9 Å². The highest BCUT2D eigenvalue weighted by Gasteiger charge is 2.47. The Labute approximate surface area is 220 Å². The second-order valence-corrected chi connectivity index (χ2v) is 11.7. The Hall–Kier alpha value is -3.20. The van der Waals surface area contributed by atoms with E-state index < -0.39 is 22.7 Å². The lowest BCUT2D eigenvalue weighted by Gasteiger charge is -2.48. The molecule has 0 radical (unpaired) electrons. The van der Waals surface area contributed by atoms with Gasteiger partial charge in [-0.2, -0.15) is 0 Å². The van der Waals surface area contributed by atoms with Crippen LogP contribution in [0.25, 0.3) is 0 Å². The minimum Gasteiger partial charge on any atom is -0.481 e. The van der Waals surface area contributed by atoms with E-state index >= 15 is 0 Å². The summed E-state index contributed by atoms with van der Waals surface area (Å²) in [7, 11) is 0. The fourth-order valence-corrected chi connectivity index (χ4v) is 4.58. The van der Waals surface area contributed by atoms with Crippen molar-refractivity contribution < 1.29 is 19.4 Å². The van der Waals surface area contributed by atoms with E-state index in [9.17, 15) is 14.7 Å². The van der Waals surface area contributed by atoms with E-state index in [2.05, 4.69) is 25.5 Å². The number of carbonyl (C=O) groups is 2. The Kier molecular flexibility index (Phi) is 8.79. The Morgan fingerprint density at radius 2 is 1.62 bits per heavy atom. The van der Waals surface area contributed by atoms with Crippen molar-refractivity contribution in [3.8, 4) is 0 Å². The summed E-state index contributed by atoms with van der Waals surface area (Å²) in [6, 6.07) is 9.67. The Bertz CT molecular complexity index is 1040. The molecule has 37 heavy (non-hydrogen) atoms. The summed E-state index contributed by atoms with van der Waals surface area (Å²) in [6.07, 6.45) is 5.42. The van der Waals surface area contributed by atoms with Crippen LogP contribution in [0.2, 0.25) is 0 Å². The number of carboxylic acid groups (broad SMARTS) is 1. The van der Waals surface area contributed by atoms with E-state index in [0.29, 0.717) is 17.6 Å². The zero-order chi connectivity index (χ0) is 27.3. The molecule has 0 aliphatic carbocycles. The highest BCUT2D eigenvalue weighted by Crippen LogP contribution is 2.39. The predicted molar refractivity (Wildman–Crippen MR) is 145 cm³/mol. The summed E-state index contributed by atoms with van der Waals surface area (Å²) in [4.78, 5) is 35.6. The number of hydrogen-bond donors (Lipinski definition) is 3. The van der Waals surface area contributed by atoms with Crippen molar-refractivity contribution in [1.29, 1.82) is 0 Å². The van der Waals surface area contributed by atoms with Crippen LogP contribution in [0.4, 0.5) is 11.6 Å². The van der Waals surface area contributed by atoms with Crippen molar-refractivity contribution in [1.82, 2.24) is 15.3 Å². The van der Waals surface area contributed by atoms with E-state index in [0.717, 1.165) is 31.6 Å². The van der Waals surface area contributed by atoms with Crippen molar-refractivity contribution in [2.75, 3.05) is 23.3 Å². The maximum absolute atomic E-state index is 13.4. The van der Waals surface area contributed by atoms with Gasteiger partial charge in [0.2, 0.25) is 5.95 Å². The average molecular weight is 512 g/mol. The van der Waals surface area contributed by atoms with Crippen LogP contribution in [0.3, 0.4) is 0 Å². The largest absolute Gasteiger partial charge is 0.481 e. The smallest absolute Gasteiger partial charge is 0.303 e. The van der Waals surface area contributed by atoms with Gasteiger partial charge < -0.3 is 25.4 Å². The monoisotopic (exact) mass is 511 g/mol. The number of carbonyl (C=O) groups excluding carboxylic acids is 1. The topological polar surface area (TPSA) is 117 Å². The van der Waals surface area contributed by atoms with Gasteiger partial charge >= 0.3 is 5.97 Å². The Morgan fingerprint density at radius 1 is 1.03 bits per heavy atom. The van der Waals surface area contributed by atoms with E-state index in [4.69, 9.17) is 4.74 Å². The molecule has 1 saturated heterocycles. The van der Waals surface area contributed by atoms with Gasteiger partial charge in [-0.25, -0.2) is 9.97 Å². The lowest BCUT2D eigenvalue weighted by Crippen LogP contribution is -2.61. The number of anilines is 2. The maximum atomic E-state index is 13.4. The number of aliphatic carboxylic acids is 1. The minimum absolute atomic E-state index is 0.117. The van der Waals surface area contributed by atoms with Crippen LogP contribution in [0.1, 0.15) is 77.6 Å². The molecule has 3 rings (SSSR count). The summed E-state index contributed by atoms with van der Waals surface area (Å²) in [6.45, 7) is 13.3. The van der Waals surface area contributed by atoms with Gasteiger partial charge in [-0.1, -0.05) is 20.8 Å². The molecule has 9 heteroatoms. The van der Waals surface area contributed by atoms with Crippen molar-refractivity contribution >= 4 is 23.5 Å². The molecule has 2 heterocycles. The van der Waals surface area contributed by atoms with Gasteiger partial charge in [0, 0.05) is 61.0 Å². The molecule has 0 saturated carbocycles. The maximum Gasteiger partial charge on any atom is 0.303 e. The number of piperidine rings is 1. The first-order valence-corrected chi connectivity index (χ1v) is 12.9. The third kappa shape index (κ3) is 7.89. The van der Waals surface area contributed by atoms with E-state index in [1.807, 2.05) is 65.8 Å².